The van der Waals surface area contributed by atoms with E-state index in [2.05, 4.69) is 16.5 Å². The Bertz CT molecular complexity index is 528. The summed E-state index contributed by atoms with van der Waals surface area (Å²) in [6, 6.07) is 6.11. The van der Waals surface area contributed by atoms with Crippen molar-refractivity contribution in [2.75, 3.05) is 13.1 Å². The molecule has 0 atom stereocenters. The summed E-state index contributed by atoms with van der Waals surface area (Å²) in [5.74, 6) is 0.953. The number of nitrogens with one attached hydrogen (secondary N) is 1. The smallest absolute Gasteiger partial charge is 0.131 e. The van der Waals surface area contributed by atoms with Crippen LogP contribution in [0.1, 0.15) is 5.69 Å². The first kappa shape index (κ1) is 9.66. The van der Waals surface area contributed by atoms with Crippen LogP contribution in [0.15, 0.2) is 18.2 Å². The topological polar surface area (TPSA) is 39.1 Å². The number of rotatable bonds is 2. The van der Waals surface area contributed by atoms with Crippen LogP contribution >= 0.6 is 0 Å². The molecule has 0 amide bonds. The summed E-state index contributed by atoms with van der Waals surface area (Å²) < 4.78 is 7.84. The van der Waals surface area contributed by atoms with Gasteiger partial charge in [0.05, 0.1) is 16.6 Å². The molecule has 0 aliphatic carbocycles. The molecule has 1 N–H and O–H groups in total. The van der Waals surface area contributed by atoms with Crippen molar-refractivity contribution in [3.8, 4) is 5.75 Å². The van der Waals surface area contributed by atoms with Crippen LogP contribution in [0.3, 0.4) is 0 Å². The van der Waals surface area contributed by atoms with E-state index in [-0.39, 0.29) is 0 Å². The summed E-state index contributed by atoms with van der Waals surface area (Å²) in [5, 5.41) is 8.76. The SMILES string of the molecule is Cc1nn(C)c2cccc(OC3CNC3)c12. The van der Waals surface area contributed by atoms with Crippen molar-refractivity contribution in [1.29, 1.82) is 0 Å². The van der Waals surface area contributed by atoms with Crippen LogP contribution in [0.2, 0.25) is 0 Å². The molecule has 0 saturated carbocycles. The van der Waals surface area contributed by atoms with Gasteiger partial charge >= 0.3 is 0 Å². The second-order valence-corrected chi connectivity index (χ2v) is 4.26. The fraction of sp³-hybridized carbons (Fsp3) is 0.417. The highest BCUT2D eigenvalue weighted by Crippen LogP contribution is 2.29. The fourth-order valence-corrected chi connectivity index (χ4v) is 2.11. The summed E-state index contributed by atoms with van der Waals surface area (Å²) in [5.41, 5.74) is 2.16. The Labute approximate surface area is 94.2 Å². The predicted molar refractivity (Wildman–Crippen MR) is 62.7 cm³/mol. The normalized spacial score (nSPS) is 16.4. The van der Waals surface area contributed by atoms with Crippen LogP contribution in [0.25, 0.3) is 10.9 Å². The molecule has 2 heterocycles. The van der Waals surface area contributed by atoms with E-state index in [1.54, 1.807) is 0 Å². The van der Waals surface area contributed by atoms with E-state index in [1.807, 2.05) is 30.8 Å². The molecule has 0 spiro atoms. The first-order valence-corrected chi connectivity index (χ1v) is 5.55. The summed E-state index contributed by atoms with van der Waals surface area (Å²) >= 11 is 0. The van der Waals surface area contributed by atoms with Gasteiger partial charge in [-0.3, -0.25) is 4.68 Å². The molecule has 1 aliphatic rings. The Morgan fingerprint density at radius 1 is 1.44 bits per heavy atom. The maximum absolute atomic E-state index is 5.94. The van der Waals surface area contributed by atoms with Gasteiger partial charge in [0.25, 0.3) is 0 Å². The number of benzene rings is 1. The van der Waals surface area contributed by atoms with Crippen LogP contribution < -0.4 is 10.1 Å². The van der Waals surface area contributed by atoms with Gasteiger partial charge in [-0.1, -0.05) is 6.07 Å². The van der Waals surface area contributed by atoms with Crippen LogP contribution in [0, 0.1) is 6.92 Å². The average molecular weight is 217 g/mol. The van der Waals surface area contributed by atoms with E-state index in [4.69, 9.17) is 4.74 Å². The lowest BCUT2D eigenvalue weighted by atomic mass is 10.2. The number of aromatic nitrogens is 2. The molecule has 84 valence electrons. The minimum atomic E-state index is 0.310. The summed E-state index contributed by atoms with van der Waals surface area (Å²) in [6.07, 6.45) is 0.310. The lowest BCUT2D eigenvalue weighted by molar-refractivity contribution is 0.144. The van der Waals surface area contributed by atoms with Gasteiger partial charge in [0.2, 0.25) is 0 Å². The molecule has 0 bridgehead atoms. The fourth-order valence-electron chi connectivity index (χ4n) is 2.11. The van der Waals surface area contributed by atoms with Gasteiger partial charge in [0.15, 0.2) is 0 Å². The summed E-state index contributed by atoms with van der Waals surface area (Å²) in [7, 11) is 1.96. The molecular formula is C12H15N3O. The van der Waals surface area contributed by atoms with Gasteiger partial charge < -0.3 is 10.1 Å². The molecule has 0 unspecified atom stereocenters. The Balaban J connectivity index is 2.08. The van der Waals surface area contributed by atoms with Crippen molar-refractivity contribution in [3.05, 3.63) is 23.9 Å². The van der Waals surface area contributed by atoms with Crippen molar-refractivity contribution >= 4 is 10.9 Å². The number of ether oxygens (including phenoxy) is 1. The zero-order valence-electron chi connectivity index (χ0n) is 9.53. The molecular weight excluding hydrogens is 202 g/mol. The van der Waals surface area contributed by atoms with Gasteiger partial charge in [0, 0.05) is 20.1 Å². The second kappa shape index (κ2) is 3.49. The van der Waals surface area contributed by atoms with E-state index in [1.165, 1.54) is 0 Å². The minimum Gasteiger partial charge on any atom is -0.487 e. The monoisotopic (exact) mass is 217 g/mol. The number of hydrogen-bond acceptors (Lipinski definition) is 3. The number of aryl methyl sites for hydroxylation is 2. The molecule has 1 aliphatic heterocycles. The van der Waals surface area contributed by atoms with E-state index >= 15 is 0 Å². The summed E-state index contributed by atoms with van der Waals surface area (Å²) in [6.45, 7) is 3.90. The first-order valence-electron chi connectivity index (χ1n) is 5.55. The third-order valence-electron chi connectivity index (χ3n) is 3.05. The van der Waals surface area contributed by atoms with E-state index in [0.29, 0.717) is 6.10 Å². The Morgan fingerprint density at radius 3 is 2.94 bits per heavy atom. The highest BCUT2D eigenvalue weighted by molar-refractivity contribution is 5.88. The van der Waals surface area contributed by atoms with Crippen LogP contribution in [0.5, 0.6) is 5.75 Å². The maximum atomic E-state index is 5.94. The van der Waals surface area contributed by atoms with Crippen molar-refractivity contribution in [2.24, 2.45) is 7.05 Å². The second-order valence-electron chi connectivity index (χ2n) is 4.26. The van der Waals surface area contributed by atoms with Crippen LogP contribution in [-0.2, 0) is 7.05 Å². The maximum Gasteiger partial charge on any atom is 0.131 e. The van der Waals surface area contributed by atoms with Gasteiger partial charge in [-0.15, -0.1) is 0 Å². The van der Waals surface area contributed by atoms with E-state index < -0.39 is 0 Å². The van der Waals surface area contributed by atoms with Crippen molar-refractivity contribution in [1.82, 2.24) is 15.1 Å². The lowest BCUT2D eigenvalue weighted by Crippen LogP contribution is -2.50. The van der Waals surface area contributed by atoms with Crippen molar-refractivity contribution in [3.63, 3.8) is 0 Å². The lowest BCUT2D eigenvalue weighted by Gasteiger charge is -2.28. The quantitative estimate of drug-likeness (QED) is 0.822. The highest BCUT2D eigenvalue weighted by atomic mass is 16.5. The van der Waals surface area contributed by atoms with Gasteiger partial charge in [0.1, 0.15) is 11.9 Å². The first-order chi connectivity index (χ1) is 7.75. The molecule has 0 radical (unpaired) electrons. The van der Waals surface area contributed by atoms with Crippen LogP contribution in [0.4, 0.5) is 0 Å². The Hall–Kier alpha value is -1.55. The number of nitrogens with zero attached hydrogens (tertiary/aromatic N) is 2. The van der Waals surface area contributed by atoms with Gasteiger partial charge in [-0.2, -0.15) is 5.10 Å². The van der Waals surface area contributed by atoms with Crippen molar-refractivity contribution in [2.45, 2.75) is 13.0 Å². The molecule has 1 saturated heterocycles. The molecule has 4 heteroatoms. The van der Waals surface area contributed by atoms with Crippen LogP contribution in [-0.4, -0.2) is 29.0 Å². The highest BCUT2D eigenvalue weighted by Gasteiger charge is 2.20. The van der Waals surface area contributed by atoms with E-state index in [9.17, 15) is 0 Å². The molecule has 4 nitrogen and oxygen atoms in total. The molecule has 2 aromatic rings. The number of hydrogen-bond donors (Lipinski definition) is 1. The van der Waals surface area contributed by atoms with Gasteiger partial charge in [-0.25, -0.2) is 0 Å². The minimum absolute atomic E-state index is 0.310. The Kier molecular flexibility index (Phi) is 2.11. The zero-order valence-corrected chi connectivity index (χ0v) is 9.53. The molecule has 16 heavy (non-hydrogen) atoms. The largest absolute Gasteiger partial charge is 0.487 e. The molecule has 1 fully saturated rings. The van der Waals surface area contributed by atoms with Gasteiger partial charge in [-0.05, 0) is 19.1 Å². The molecule has 1 aromatic carbocycles. The molecule has 3 rings (SSSR count). The number of fused-ring (bicyclic) bond motifs is 1. The summed E-state index contributed by atoms with van der Waals surface area (Å²) in [4.78, 5) is 0. The standard InChI is InChI=1S/C12H15N3O/c1-8-12-10(15(2)14-8)4-3-5-11(12)16-9-6-13-7-9/h3-5,9,13H,6-7H2,1-2H3. The van der Waals surface area contributed by atoms with E-state index in [0.717, 1.165) is 35.4 Å². The predicted octanol–water partition coefficient (Wildman–Crippen LogP) is 1.23. The third kappa shape index (κ3) is 1.38. The Morgan fingerprint density at radius 2 is 2.25 bits per heavy atom. The zero-order chi connectivity index (χ0) is 11.1. The third-order valence-corrected chi connectivity index (χ3v) is 3.05. The average Bonchev–Trinajstić information content (AvgIpc) is 2.50. The molecule has 1 aromatic heterocycles. The van der Waals surface area contributed by atoms with Crippen molar-refractivity contribution < 1.29 is 4.74 Å².